The lowest BCUT2D eigenvalue weighted by Crippen LogP contribution is -1.89. The SMILES string of the molecule is CC(C)c1ncc(-c2ccc3cc(-c4ccc5c(c4)c4ncccc4c4nc(C(C)C)[nH]c54)ccc3c2)[nH]1. The zero-order valence-electron chi connectivity index (χ0n) is 22.0. The predicted molar refractivity (Wildman–Crippen MR) is 158 cm³/mol. The van der Waals surface area contributed by atoms with Crippen LogP contribution in [0.15, 0.2) is 79.1 Å². The van der Waals surface area contributed by atoms with E-state index in [4.69, 9.17) is 9.97 Å². The third kappa shape index (κ3) is 3.58. The first-order valence-electron chi connectivity index (χ1n) is 13.3. The van der Waals surface area contributed by atoms with E-state index < -0.39 is 0 Å². The third-order valence-electron chi connectivity index (χ3n) is 7.50. The van der Waals surface area contributed by atoms with E-state index in [2.05, 4.69) is 103 Å². The molecule has 4 aromatic carbocycles. The number of pyridine rings is 1. The highest BCUT2D eigenvalue weighted by Crippen LogP contribution is 2.36. The number of benzene rings is 4. The van der Waals surface area contributed by atoms with Gasteiger partial charge in [0.1, 0.15) is 11.6 Å². The molecule has 0 atom stereocenters. The number of fused-ring (bicyclic) bond motifs is 7. The number of hydrogen-bond acceptors (Lipinski definition) is 3. The fraction of sp³-hybridized carbons (Fsp3) is 0.182. The average molecular weight is 496 g/mol. The summed E-state index contributed by atoms with van der Waals surface area (Å²) in [5, 5.41) is 5.80. The molecule has 38 heavy (non-hydrogen) atoms. The van der Waals surface area contributed by atoms with Crippen LogP contribution in [0.25, 0.3) is 65.9 Å². The van der Waals surface area contributed by atoms with E-state index in [0.717, 1.165) is 55.6 Å². The third-order valence-corrected chi connectivity index (χ3v) is 7.50. The molecule has 3 heterocycles. The van der Waals surface area contributed by atoms with Crippen molar-refractivity contribution in [1.29, 1.82) is 0 Å². The predicted octanol–water partition coefficient (Wildman–Crippen LogP) is 8.72. The Morgan fingerprint density at radius 3 is 2.08 bits per heavy atom. The molecule has 2 N–H and O–H groups in total. The van der Waals surface area contributed by atoms with Gasteiger partial charge in [-0.3, -0.25) is 4.98 Å². The van der Waals surface area contributed by atoms with Gasteiger partial charge in [0, 0.05) is 39.8 Å². The van der Waals surface area contributed by atoms with Crippen molar-refractivity contribution in [2.45, 2.75) is 39.5 Å². The smallest absolute Gasteiger partial charge is 0.109 e. The minimum absolute atomic E-state index is 0.326. The fourth-order valence-electron chi connectivity index (χ4n) is 5.37. The lowest BCUT2D eigenvalue weighted by molar-refractivity contribution is 0.795. The molecule has 7 rings (SSSR count). The highest BCUT2D eigenvalue weighted by molar-refractivity contribution is 6.22. The second-order valence-electron chi connectivity index (χ2n) is 10.8. The first-order chi connectivity index (χ1) is 18.5. The summed E-state index contributed by atoms with van der Waals surface area (Å²) in [4.78, 5) is 21.3. The van der Waals surface area contributed by atoms with Gasteiger partial charge in [0.15, 0.2) is 0 Å². The van der Waals surface area contributed by atoms with Gasteiger partial charge in [-0.05, 0) is 52.2 Å². The highest BCUT2D eigenvalue weighted by Gasteiger charge is 2.16. The Bertz CT molecular complexity index is 1990. The van der Waals surface area contributed by atoms with Gasteiger partial charge in [-0.25, -0.2) is 9.97 Å². The first-order valence-corrected chi connectivity index (χ1v) is 13.3. The summed E-state index contributed by atoms with van der Waals surface area (Å²) in [6.07, 6.45) is 3.80. The Morgan fingerprint density at radius 2 is 1.32 bits per heavy atom. The Hall–Kier alpha value is -4.51. The molecule has 0 fully saturated rings. The molecular weight excluding hydrogens is 466 g/mol. The van der Waals surface area contributed by atoms with Gasteiger partial charge >= 0.3 is 0 Å². The average Bonchev–Trinajstić information content (AvgIpc) is 3.61. The number of nitrogens with one attached hydrogen (secondary N) is 2. The van der Waals surface area contributed by atoms with Crippen LogP contribution in [-0.4, -0.2) is 24.9 Å². The molecule has 0 saturated heterocycles. The second kappa shape index (κ2) is 8.52. The van der Waals surface area contributed by atoms with Gasteiger partial charge < -0.3 is 9.97 Å². The molecule has 0 unspecified atom stereocenters. The molecule has 0 aliphatic heterocycles. The lowest BCUT2D eigenvalue weighted by Gasteiger charge is -2.10. The summed E-state index contributed by atoms with van der Waals surface area (Å²) in [6, 6.07) is 24.1. The van der Waals surface area contributed by atoms with E-state index in [1.165, 1.54) is 21.9 Å². The molecule has 3 aromatic heterocycles. The number of aromatic nitrogens is 5. The highest BCUT2D eigenvalue weighted by atomic mass is 14.9. The Balaban J connectivity index is 1.35. The zero-order chi connectivity index (χ0) is 26.0. The maximum Gasteiger partial charge on any atom is 0.109 e. The molecule has 0 amide bonds. The van der Waals surface area contributed by atoms with Gasteiger partial charge in [0.05, 0.1) is 28.4 Å². The first kappa shape index (κ1) is 22.7. The summed E-state index contributed by atoms with van der Waals surface area (Å²) in [5.74, 6) is 2.72. The van der Waals surface area contributed by atoms with Crippen molar-refractivity contribution in [2.24, 2.45) is 0 Å². The van der Waals surface area contributed by atoms with Gasteiger partial charge in [0.25, 0.3) is 0 Å². The van der Waals surface area contributed by atoms with Crippen LogP contribution in [0.1, 0.15) is 51.2 Å². The van der Waals surface area contributed by atoms with Gasteiger partial charge in [-0.1, -0.05) is 64.1 Å². The molecule has 0 bridgehead atoms. The Morgan fingerprint density at radius 1 is 0.605 bits per heavy atom. The Labute approximate surface area is 221 Å². The van der Waals surface area contributed by atoms with Crippen molar-refractivity contribution in [3.05, 3.63) is 90.8 Å². The molecule has 5 heteroatoms. The largest absolute Gasteiger partial charge is 0.342 e. The number of rotatable bonds is 4. The second-order valence-corrected chi connectivity index (χ2v) is 10.8. The molecule has 0 aliphatic carbocycles. The van der Waals surface area contributed by atoms with E-state index >= 15 is 0 Å². The summed E-state index contributed by atoms with van der Waals surface area (Å²) >= 11 is 0. The Kier molecular flexibility index (Phi) is 5.08. The number of aromatic amines is 2. The number of nitrogens with zero attached hydrogens (tertiary/aromatic N) is 3. The zero-order valence-corrected chi connectivity index (χ0v) is 22.0. The molecule has 0 saturated carbocycles. The van der Waals surface area contributed by atoms with Crippen LogP contribution in [0.5, 0.6) is 0 Å². The maximum absolute atomic E-state index is 4.94. The van der Waals surface area contributed by atoms with E-state index in [9.17, 15) is 0 Å². The standard InChI is InChI=1S/C33H29N5/c1-18(2)32-35-17-28(36-32)24-10-9-20-14-21(7-8-22(20)15-24)23-11-12-25-27(16-23)29-26(6-5-13-34-29)31-30(25)37-33(38-31)19(3)4/h5-19H,1-4H3,(H,35,36)(H,37,38). The molecule has 0 spiro atoms. The van der Waals surface area contributed by atoms with E-state index in [1.807, 2.05) is 18.5 Å². The molecule has 186 valence electrons. The minimum atomic E-state index is 0.326. The van der Waals surface area contributed by atoms with Crippen LogP contribution in [0.3, 0.4) is 0 Å². The molecule has 5 nitrogen and oxygen atoms in total. The van der Waals surface area contributed by atoms with Gasteiger partial charge in [0.2, 0.25) is 0 Å². The number of hydrogen-bond donors (Lipinski definition) is 2. The van der Waals surface area contributed by atoms with E-state index in [0.29, 0.717) is 11.8 Å². The van der Waals surface area contributed by atoms with Crippen molar-refractivity contribution >= 4 is 43.5 Å². The van der Waals surface area contributed by atoms with Crippen molar-refractivity contribution in [2.75, 3.05) is 0 Å². The van der Waals surface area contributed by atoms with Crippen LogP contribution in [0.4, 0.5) is 0 Å². The van der Waals surface area contributed by atoms with Crippen molar-refractivity contribution < 1.29 is 0 Å². The molecular formula is C33H29N5. The van der Waals surface area contributed by atoms with Crippen molar-refractivity contribution in [1.82, 2.24) is 24.9 Å². The van der Waals surface area contributed by atoms with Crippen LogP contribution < -0.4 is 0 Å². The van der Waals surface area contributed by atoms with E-state index in [-0.39, 0.29) is 0 Å². The summed E-state index contributed by atoms with van der Waals surface area (Å²) in [7, 11) is 0. The number of imidazole rings is 2. The van der Waals surface area contributed by atoms with Crippen molar-refractivity contribution in [3.63, 3.8) is 0 Å². The number of H-pyrrole nitrogens is 2. The van der Waals surface area contributed by atoms with Crippen molar-refractivity contribution in [3.8, 4) is 22.4 Å². The van der Waals surface area contributed by atoms with Gasteiger partial charge in [-0.2, -0.15) is 0 Å². The minimum Gasteiger partial charge on any atom is -0.342 e. The summed E-state index contributed by atoms with van der Waals surface area (Å²) in [5.41, 5.74) is 7.64. The fourth-order valence-corrected chi connectivity index (χ4v) is 5.37. The topological polar surface area (TPSA) is 70.2 Å². The monoisotopic (exact) mass is 495 g/mol. The van der Waals surface area contributed by atoms with Crippen LogP contribution >= 0.6 is 0 Å². The lowest BCUT2D eigenvalue weighted by atomic mass is 9.96. The normalized spacial score (nSPS) is 12.2. The van der Waals surface area contributed by atoms with E-state index in [1.54, 1.807) is 0 Å². The maximum atomic E-state index is 4.94. The molecule has 0 aliphatic rings. The van der Waals surface area contributed by atoms with Crippen LogP contribution in [0.2, 0.25) is 0 Å². The van der Waals surface area contributed by atoms with Crippen LogP contribution in [0, 0.1) is 0 Å². The quantitative estimate of drug-likeness (QED) is 0.240. The van der Waals surface area contributed by atoms with Gasteiger partial charge in [-0.15, -0.1) is 0 Å². The van der Waals surface area contributed by atoms with Crippen LogP contribution in [-0.2, 0) is 0 Å². The molecule has 7 aromatic rings. The summed E-state index contributed by atoms with van der Waals surface area (Å²) < 4.78 is 0. The molecule has 0 radical (unpaired) electrons. The summed E-state index contributed by atoms with van der Waals surface area (Å²) in [6.45, 7) is 8.63.